The first-order valence-electron chi connectivity index (χ1n) is 3.98. The molecular weight excluding hydrogens is 120 g/mol. The summed E-state index contributed by atoms with van der Waals surface area (Å²) in [5, 5.41) is 0. The third-order valence-electron chi connectivity index (χ3n) is 2.43. The van der Waals surface area contributed by atoms with Crippen LogP contribution in [0.4, 0.5) is 0 Å². The topological polar surface area (TPSA) is 0 Å². The van der Waals surface area contributed by atoms with Gasteiger partial charge in [-0.15, -0.1) is 0 Å². The molecule has 0 aromatic rings. The van der Waals surface area contributed by atoms with Crippen molar-refractivity contribution in [3.05, 3.63) is 36.5 Å². The molecule has 2 aliphatic rings. The largest absolute Gasteiger partial charge is 0.0808 e. The van der Waals surface area contributed by atoms with Gasteiger partial charge < -0.3 is 0 Å². The van der Waals surface area contributed by atoms with Crippen LogP contribution in [0.15, 0.2) is 36.5 Å². The van der Waals surface area contributed by atoms with Crippen molar-refractivity contribution in [2.75, 3.05) is 0 Å². The van der Waals surface area contributed by atoms with Crippen LogP contribution in [-0.4, -0.2) is 0 Å². The van der Waals surface area contributed by atoms with Gasteiger partial charge in [-0.3, -0.25) is 0 Å². The van der Waals surface area contributed by atoms with Crippen LogP contribution in [0.2, 0.25) is 0 Å². The predicted molar refractivity (Wildman–Crippen MR) is 43.6 cm³/mol. The van der Waals surface area contributed by atoms with Gasteiger partial charge in [0.15, 0.2) is 0 Å². The summed E-state index contributed by atoms with van der Waals surface area (Å²) in [6.07, 6.45) is 16.0. The number of allylic oxidation sites excluding steroid dienone is 6. The molecule has 0 saturated heterocycles. The van der Waals surface area contributed by atoms with E-state index in [0.717, 1.165) is 11.8 Å². The van der Waals surface area contributed by atoms with Crippen LogP contribution in [-0.2, 0) is 0 Å². The van der Waals surface area contributed by atoms with Crippen molar-refractivity contribution in [3.63, 3.8) is 0 Å². The fourth-order valence-electron chi connectivity index (χ4n) is 1.57. The molecule has 0 bridgehead atoms. The number of fused-ring (bicyclic) bond motifs is 1. The number of hydrogen-bond donors (Lipinski definition) is 0. The molecule has 0 spiro atoms. The Kier molecular flexibility index (Phi) is 1.46. The van der Waals surface area contributed by atoms with E-state index >= 15 is 0 Å². The van der Waals surface area contributed by atoms with E-state index in [2.05, 4.69) is 36.5 Å². The minimum Gasteiger partial charge on any atom is -0.0808 e. The maximum Gasteiger partial charge on any atom is -0.0167 e. The Labute approximate surface area is 61.9 Å². The SMILES string of the molecule is C1=C\C=C/C2CCC2\C=C/1. The van der Waals surface area contributed by atoms with Crippen molar-refractivity contribution >= 4 is 0 Å². The Morgan fingerprint density at radius 3 is 1.60 bits per heavy atom. The Morgan fingerprint density at radius 2 is 1.20 bits per heavy atom. The first kappa shape index (κ1) is 5.96. The van der Waals surface area contributed by atoms with Gasteiger partial charge in [0.05, 0.1) is 0 Å². The molecular formula is C10H12. The van der Waals surface area contributed by atoms with Gasteiger partial charge in [-0.1, -0.05) is 36.5 Å². The van der Waals surface area contributed by atoms with E-state index in [-0.39, 0.29) is 0 Å². The van der Waals surface area contributed by atoms with E-state index < -0.39 is 0 Å². The molecule has 52 valence electrons. The van der Waals surface area contributed by atoms with Gasteiger partial charge in [-0.2, -0.15) is 0 Å². The molecule has 0 nitrogen and oxygen atoms in total. The van der Waals surface area contributed by atoms with E-state index in [4.69, 9.17) is 0 Å². The molecule has 0 radical (unpaired) electrons. The standard InChI is InChI=1S/C10H12/c1-2-4-6-10-8-7-9(10)5-3-1/h1-6,9-10H,7-8H2/b2-1-,5-3-,6-4-. The normalized spacial score (nSPS) is 45.6. The average Bonchev–Trinajstić information content (AvgIpc) is 1.89. The van der Waals surface area contributed by atoms with Crippen LogP contribution in [0.5, 0.6) is 0 Å². The third-order valence-corrected chi connectivity index (χ3v) is 2.43. The van der Waals surface area contributed by atoms with Gasteiger partial charge >= 0.3 is 0 Å². The molecule has 0 N–H and O–H groups in total. The van der Waals surface area contributed by atoms with Crippen LogP contribution in [0.1, 0.15) is 12.8 Å². The number of rotatable bonds is 0. The fourth-order valence-corrected chi connectivity index (χ4v) is 1.57. The van der Waals surface area contributed by atoms with E-state index in [0.29, 0.717) is 0 Å². The van der Waals surface area contributed by atoms with Crippen LogP contribution < -0.4 is 0 Å². The van der Waals surface area contributed by atoms with Crippen LogP contribution in [0.25, 0.3) is 0 Å². The maximum absolute atomic E-state index is 2.33. The average molecular weight is 132 g/mol. The molecule has 2 aliphatic carbocycles. The Morgan fingerprint density at radius 1 is 0.700 bits per heavy atom. The summed E-state index contributed by atoms with van der Waals surface area (Å²) in [6, 6.07) is 0. The van der Waals surface area contributed by atoms with Crippen molar-refractivity contribution in [2.24, 2.45) is 11.8 Å². The quantitative estimate of drug-likeness (QED) is 0.475. The highest BCUT2D eigenvalue weighted by molar-refractivity contribution is 5.19. The van der Waals surface area contributed by atoms with E-state index in [1.54, 1.807) is 0 Å². The molecule has 0 heteroatoms. The monoisotopic (exact) mass is 132 g/mol. The smallest absolute Gasteiger partial charge is 0.0167 e. The molecule has 0 aromatic heterocycles. The lowest BCUT2D eigenvalue weighted by Gasteiger charge is -2.32. The summed E-state index contributed by atoms with van der Waals surface area (Å²) in [7, 11) is 0. The molecule has 1 saturated carbocycles. The van der Waals surface area contributed by atoms with Gasteiger partial charge in [0.1, 0.15) is 0 Å². The molecule has 0 aliphatic heterocycles. The van der Waals surface area contributed by atoms with Crippen molar-refractivity contribution < 1.29 is 0 Å². The van der Waals surface area contributed by atoms with Gasteiger partial charge in [0.25, 0.3) is 0 Å². The summed E-state index contributed by atoms with van der Waals surface area (Å²) in [6.45, 7) is 0. The van der Waals surface area contributed by atoms with Crippen LogP contribution in [0, 0.1) is 11.8 Å². The molecule has 10 heavy (non-hydrogen) atoms. The molecule has 2 unspecified atom stereocenters. The summed E-state index contributed by atoms with van der Waals surface area (Å²) in [5.74, 6) is 1.70. The first-order valence-corrected chi connectivity index (χ1v) is 3.98. The van der Waals surface area contributed by atoms with Crippen molar-refractivity contribution in [3.8, 4) is 0 Å². The van der Waals surface area contributed by atoms with Crippen molar-refractivity contribution in [1.82, 2.24) is 0 Å². The lowest BCUT2D eigenvalue weighted by atomic mass is 9.73. The second kappa shape index (κ2) is 2.45. The molecule has 2 rings (SSSR count). The molecule has 0 amide bonds. The van der Waals surface area contributed by atoms with Crippen molar-refractivity contribution in [2.45, 2.75) is 12.8 Å². The van der Waals surface area contributed by atoms with Gasteiger partial charge in [0.2, 0.25) is 0 Å². The first-order chi connectivity index (χ1) is 4.97. The van der Waals surface area contributed by atoms with Gasteiger partial charge in [0, 0.05) is 0 Å². The highest BCUT2D eigenvalue weighted by Gasteiger charge is 2.25. The van der Waals surface area contributed by atoms with E-state index in [1.165, 1.54) is 12.8 Å². The lowest BCUT2D eigenvalue weighted by molar-refractivity contribution is 0.286. The molecule has 0 aromatic carbocycles. The lowest BCUT2D eigenvalue weighted by Crippen LogP contribution is -2.21. The predicted octanol–water partition coefficient (Wildman–Crippen LogP) is 2.69. The van der Waals surface area contributed by atoms with Crippen LogP contribution in [0.3, 0.4) is 0 Å². The Balaban J connectivity index is 2.17. The molecule has 1 fully saturated rings. The van der Waals surface area contributed by atoms with Gasteiger partial charge in [-0.05, 0) is 24.7 Å². The minimum atomic E-state index is 0.848. The van der Waals surface area contributed by atoms with E-state index in [1.807, 2.05) is 0 Å². The highest BCUT2D eigenvalue weighted by Crippen LogP contribution is 2.36. The van der Waals surface area contributed by atoms with E-state index in [9.17, 15) is 0 Å². The second-order valence-corrected chi connectivity index (χ2v) is 3.06. The summed E-state index contributed by atoms with van der Waals surface area (Å²) in [5.41, 5.74) is 0. The highest BCUT2D eigenvalue weighted by atomic mass is 14.3. The second-order valence-electron chi connectivity index (χ2n) is 3.06. The zero-order valence-corrected chi connectivity index (χ0v) is 6.03. The van der Waals surface area contributed by atoms with Crippen molar-refractivity contribution in [1.29, 1.82) is 0 Å². The minimum absolute atomic E-state index is 0.848. The third kappa shape index (κ3) is 0.942. The van der Waals surface area contributed by atoms with Gasteiger partial charge in [-0.25, -0.2) is 0 Å². The molecule has 0 heterocycles. The van der Waals surface area contributed by atoms with Crippen LogP contribution >= 0.6 is 0 Å². The number of hydrogen-bond acceptors (Lipinski definition) is 0. The zero-order chi connectivity index (χ0) is 6.81. The zero-order valence-electron chi connectivity index (χ0n) is 6.03. The summed E-state index contributed by atoms with van der Waals surface area (Å²) >= 11 is 0. The maximum atomic E-state index is 2.33. The fraction of sp³-hybridized carbons (Fsp3) is 0.400. The Bertz CT molecular complexity index is 174. The summed E-state index contributed by atoms with van der Waals surface area (Å²) < 4.78 is 0. The summed E-state index contributed by atoms with van der Waals surface area (Å²) in [4.78, 5) is 0. The Hall–Kier alpha value is -0.780. The molecule has 2 atom stereocenters.